The van der Waals surface area contributed by atoms with E-state index in [1.54, 1.807) is 0 Å². The Morgan fingerprint density at radius 1 is 1.64 bits per heavy atom. The molecule has 1 aromatic rings. The first-order valence-electron chi connectivity index (χ1n) is 3.73. The van der Waals surface area contributed by atoms with Gasteiger partial charge in [0.05, 0.1) is 0 Å². The Balaban J connectivity index is 2.09. The van der Waals surface area contributed by atoms with Crippen molar-refractivity contribution in [2.24, 2.45) is 0 Å². The van der Waals surface area contributed by atoms with Crippen molar-refractivity contribution in [3.63, 3.8) is 0 Å². The summed E-state index contributed by atoms with van der Waals surface area (Å²) >= 11 is 0. The maximum atomic E-state index is 9.85. The molecular weight excluding hydrogens is 140 g/mol. The topological polar surface area (TPSA) is 44.9 Å². The normalized spacial score (nSPS) is 9.45. The molecular formula is C8H12N2O. The van der Waals surface area contributed by atoms with E-state index >= 15 is 0 Å². The first-order chi connectivity index (χ1) is 5.43. The van der Waals surface area contributed by atoms with E-state index in [4.69, 9.17) is 0 Å². The van der Waals surface area contributed by atoms with Crippen molar-refractivity contribution in [3.8, 4) is 0 Å². The summed E-state index contributed by atoms with van der Waals surface area (Å²) in [6, 6.07) is 4.02. The zero-order valence-corrected chi connectivity index (χ0v) is 6.34. The van der Waals surface area contributed by atoms with Crippen molar-refractivity contribution in [2.45, 2.75) is 12.8 Å². The summed E-state index contributed by atoms with van der Waals surface area (Å²) in [5.74, 6) is 0. The average molecular weight is 152 g/mol. The maximum absolute atomic E-state index is 9.85. The van der Waals surface area contributed by atoms with Crippen LogP contribution in [0.15, 0.2) is 18.3 Å². The van der Waals surface area contributed by atoms with Crippen molar-refractivity contribution < 1.29 is 4.79 Å². The van der Waals surface area contributed by atoms with Crippen LogP contribution in [0.1, 0.15) is 12.1 Å². The summed E-state index contributed by atoms with van der Waals surface area (Å²) in [5.41, 5.74) is 1.22. The molecule has 1 rings (SSSR count). The number of carbonyl (C=O) groups excluding carboxylic acids is 1. The Labute approximate surface area is 65.8 Å². The number of aromatic nitrogens is 1. The van der Waals surface area contributed by atoms with E-state index in [-0.39, 0.29) is 0 Å². The van der Waals surface area contributed by atoms with Crippen LogP contribution in [0.2, 0.25) is 0 Å². The summed E-state index contributed by atoms with van der Waals surface area (Å²) in [7, 11) is 0. The average Bonchev–Trinajstić information content (AvgIpc) is 2.50. The van der Waals surface area contributed by atoms with Crippen LogP contribution in [-0.2, 0) is 11.2 Å². The van der Waals surface area contributed by atoms with Gasteiger partial charge in [0.15, 0.2) is 0 Å². The SMILES string of the molecule is O=CNCCCc1ccc[nH]1. The first kappa shape index (κ1) is 7.85. The molecule has 0 aliphatic rings. The number of aromatic amines is 1. The quantitative estimate of drug-likeness (QED) is 0.473. The molecule has 60 valence electrons. The number of nitrogens with one attached hydrogen (secondary N) is 2. The third-order valence-corrected chi connectivity index (χ3v) is 1.51. The summed E-state index contributed by atoms with van der Waals surface area (Å²) in [4.78, 5) is 12.9. The number of H-pyrrole nitrogens is 1. The highest BCUT2D eigenvalue weighted by Crippen LogP contribution is 1.97. The molecule has 0 aliphatic heterocycles. The van der Waals surface area contributed by atoms with Crippen molar-refractivity contribution in [1.29, 1.82) is 0 Å². The molecule has 0 saturated heterocycles. The standard InChI is InChI=1S/C8H12N2O/c11-7-9-5-1-3-8-4-2-6-10-8/h2,4,6-7,10H,1,3,5H2,(H,9,11). The van der Waals surface area contributed by atoms with Crippen LogP contribution in [0, 0.1) is 0 Å². The highest BCUT2D eigenvalue weighted by Gasteiger charge is 1.90. The molecule has 3 nitrogen and oxygen atoms in total. The Hall–Kier alpha value is -1.25. The van der Waals surface area contributed by atoms with Crippen molar-refractivity contribution >= 4 is 6.41 Å². The summed E-state index contributed by atoms with van der Waals surface area (Å²) in [6.45, 7) is 0.753. The van der Waals surface area contributed by atoms with Crippen molar-refractivity contribution in [1.82, 2.24) is 10.3 Å². The Morgan fingerprint density at radius 2 is 2.55 bits per heavy atom. The predicted molar refractivity (Wildman–Crippen MR) is 43.2 cm³/mol. The molecule has 0 radical (unpaired) electrons. The molecule has 0 aromatic carbocycles. The number of rotatable bonds is 5. The lowest BCUT2D eigenvalue weighted by molar-refractivity contribution is -0.109. The molecule has 3 heteroatoms. The smallest absolute Gasteiger partial charge is 0.207 e. The van der Waals surface area contributed by atoms with Crippen LogP contribution in [0.5, 0.6) is 0 Å². The largest absolute Gasteiger partial charge is 0.365 e. The summed E-state index contributed by atoms with van der Waals surface area (Å²) in [6.07, 6.45) is 4.62. The molecule has 11 heavy (non-hydrogen) atoms. The third-order valence-electron chi connectivity index (χ3n) is 1.51. The molecule has 0 spiro atoms. The fourth-order valence-electron chi connectivity index (χ4n) is 0.963. The second-order valence-corrected chi connectivity index (χ2v) is 2.37. The molecule has 0 fully saturated rings. The van der Waals surface area contributed by atoms with Gasteiger partial charge in [-0.1, -0.05) is 0 Å². The lowest BCUT2D eigenvalue weighted by atomic mass is 10.2. The van der Waals surface area contributed by atoms with Crippen LogP contribution in [0.4, 0.5) is 0 Å². The molecule has 1 amide bonds. The van der Waals surface area contributed by atoms with Gasteiger partial charge in [0.1, 0.15) is 0 Å². The molecule has 0 saturated carbocycles. The highest BCUT2D eigenvalue weighted by atomic mass is 16.1. The Kier molecular flexibility index (Phi) is 3.25. The van der Waals surface area contributed by atoms with Gasteiger partial charge >= 0.3 is 0 Å². The van der Waals surface area contributed by atoms with Gasteiger partial charge in [0.2, 0.25) is 6.41 Å². The van der Waals surface area contributed by atoms with E-state index in [0.29, 0.717) is 0 Å². The molecule has 0 atom stereocenters. The van der Waals surface area contributed by atoms with Crippen LogP contribution < -0.4 is 5.32 Å². The van der Waals surface area contributed by atoms with Crippen LogP contribution in [0.25, 0.3) is 0 Å². The Bertz CT molecular complexity index is 194. The number of hydrogen-bond donors (Lipinski definition) is 2. The minimum atomic E-state index is 0.731. The second-order valence-electron chi connectivity index (χ2n) is 2.37. The number of aryl methyl sites for hydroxylation is 1. The van der Waals surface area contributed by atoms with E-state index in [1.165, 1.54) is 5.69 Å². The number of hydrogen-bond acceptors (Lipinski definition) is 1. The van der Waals surface area contributed by atoms with E-state index in [9.17, 15) is 4.79 Å². The van der Waals surface area contributed by atoms with E-state index in [2.05, 4.69) is 10.3 Å². The van der Waals surface area contributed by atoms with E-state index < -0.39 is 0 Å². The van der Waals surface area contributed by atoms with E-state index in [0.717, 1.165) is 25.8 Å². The minimum absolute atomic E-state index is 0.731. The lowest BCUT2D eigenvalue weighted by Gasteiger charge is -1.96. The fourth-order valence-corrected chi connectivity index (χ4v) is 0.963. The zero-order chi connectivity index (χ0) is 7.94. The second kappa shape index (κ2) is 4.55. The van der Waals surface area contributed by atoms with Gasteiger partial charge in [-0.2, -0.15) is 0 Å². The van der Waals surface area contributed by atoms with Crippen molar-refractivity contribution in [2.75, 3.05) is 6.54 Å². The zero-order valence-electron chi connectivity index (χ0n) is 6.34. The third kappa shape index (κ3) is 2.89. The van der Waals surface area contributed by atoms with Gasteiger partial charge in [-0.05, 0) is 25.0 Å². The predicted octanol–water partition coefficient (Wildman–Crippen LogP) is 0.693. The molecule has 0 aliphatic carbocycles. The van der Waals surface area contributed by atoms with Gasteiger partial charge in [-0.15, -0.1) is 0 Å². The van der Waals surface area contributed by atoms with Gasteiger partial charge in [-0.3, -0.25) is 4.79 Å². The van der Waals surface area contributed by atoms with Crippen LogP contribution in [0.3, 0.4) is 0 Å². The molecule has 1 aromatic heterocycles. The van der Waals surface area contributed by atoms with Crippen molar-refractivity contribution in [3.05, 3.63) is 24.0 Å². The Morgan fingerprint density at radius 3 is 3.18 bits per heavy atom. The molecule has 2 N–H and O–H groups in total. The highest BCUT2D eigenvalue weighted by molar-refractivity contribution is 5.45. The minimum Gasteiger partial charge on any atom is -0.365 e. The summed E-state index contributed by atoms with van der Waals surface area (Å²) < 4.78 is 0. The number of carbonyl (C=O) groups is 1. The van der Waals surface area contributed by atoms with E-state index in [1.807, 2.05) is 18.3 Å². The summed E-state index contributed by atoms with van der Waals surface area (Å²) in [5, 5.41) is 2.62. The monoisotopic (exact) mass is 152 g/mol. The fraction of sp³-hybridized carbons (Fsp3) is 0.375. The van der Waals surface area contributed by atoms with Gasteiger partial charge in [0.25, 0.3) is 0 Å². The van der Waals surface area contributed by atoms with Gasteiger partial charge in [-0.25, -0.2) is 0 Å². The van der Waals surface area contributed by atoms with Gasteiger partial charge in [0, 0.05) is 18.4 Å². The molecule has 1 heterocycles. The first-order valence-corrected chi connectivity index (χ1v) is 3.73. The molecule has 0 bridgehead atoms. The van der Waals surface area contributed by atoms with Crippen LogP contribution >= 0.6 is 0 Å². The maximum Gasteiger partial charge on any atom is 0.207 e. The van der Waals surface area contributed by atoms with Crippen LogP contribution in [-0.4, -0.2) is 17.9 Å². The van der Waals surface area contributed by atoms with Gasteiger partial charge < -0.3 is 10.3 Å². The lowest BCUT2D eigenvalue weighted by Crippen LogP contribution is -2.12. The molecule has 0 unspecified atom stereocenters. The number of amides is 1.